The lowest BCUT2D eigenvalue weighted by Gasteiger charge is -2.14. The Morgan fingerprint density at radius 2 is 2.08 bits per heavy atom. The molecule has 0 saturated carbocycles. The van der Waals surface area contributed by atoms with Gasteiger partial charge in [0.25, 0.3) is 0 Å². The van der Waals surface area contributed by atoms with Crippen LogP contribution in [0.15, 0.2) is 41.4 Å². The van der Waals surface area contributed by atoms with Gasteiger partial charge in [0.2, 0.25) is 0 Å². The summed E-state index contributed by atoms with van der Waals surface area (Å²) in [5.74, 6) is 1.09. The Labute approximate surface area is 81.2 Å². The second kappa shape index (κ2) is 2.67. The number of thioether (sulfide) groups is 1. The van der Waals surface area contributed by atoms with Gasteiger partial charge in [-0.1, -0.05) is 18.2 Å². The van der Waals surface area contributed by atoms with Crippen molar-refractivity contribution in [3.63, 3.8) is 0 Å². The van der Waals surface area contributed by atoms with Crippen LogP contribution in [0.4, 0.5) is 0 Å². The average Bonchev–Trinajstić information content (AvgIpc) is 2.65. The van der Waals surface area contributed by atoms with Crippen molar-refractivity contribution >= 4 is 11.8 Å². The maximum atomic E-state index is 3.30. The topological polar surface area (TPSA) is 15.8 Å². The molecule has 0 spiro atoms. The van der Waals surface area contributed by atoms with Crippen LogP contribution in [0.2, 0.25) is 0 Å². The third-order valence-electron chi connectivity index (χ3n) is 2.37. The average molecular weight is 187 g/mol. The molecule has 0 aliphatic carbocycles. The van der Waals surface area contributed by atoms with Gasteiger partial charge in [-0.05, 0) is 17.7 Å². The first kappa shape index (κ1) is 7.27. The number of fused-ring (bicyclic) bond motifs is 3. The normalized spacial score (nSPS) is 13.5. The van der Waals surface area contributed by atoms with E-state index in [0.29, 0.717) is 0 Å². The van der Waals surface area contributed by atoms with Crippen molar-refractivity contribution in [2.24, 2.45) is 0 Å². The molecule has 1 N–H and O–H groups in total. The smallest absolute Gasteiger partial charge is 0.0506 e. The van der Waals surface area contributed by atoms with Crippen molar-refractivity contribution in [1.82, 2.24) is 4.98 Å². The molecule has 0 saturated heterocycles. The van der Waals surface area contributed by atoms with Gasteiger partial charge in [-0.2, -0.15) is 0 Å². The van der Waals surface area contributed by atoms with E-state index in [1.165, 1.54) is 21.7 Å². The molecule has 0 amide bonds. The number of aromatic amines is 1. The third kappa shape index (κ3) is 1.02. The Hall–Kier alpha value is -1.15. The molecule has 1 aromatic carbocycles. The monoisotopic (exact) mass is 187 g/mol. The van der Waals surface area contributed by atoms with Crippen LogP contribution in [0.1, 0.15) is 5.56 Å². The maximum Gasteiger partial charge on any atom is 0.0506 e. The molecule has 0 radical (unpaired) electrons. The zero-order chi connectivity index (χ0) is 8.67. The van der Waals surface area contributed by atoms with E-state index in [1.807, 2.05) is 18.0 Å². The Morgan fingerprint density at radius 1 is 1.15 bits per heavy atom. The molecule has 0 bridgehead atoms. The SMILES string of the molecule is c1ccc2c(c1)SCc1cc[nH]c1-2. The van der Waals surface area contributed by atoms with E-state index < -0.39 is 0 Å². The van der Waals surface area contributed by atoms with E-state index in [1.54, 1.807) is 0 Å². The fraction of sp³-hybridized carbons (Fsp3) is 0.0909. The Morgan fingerprint density at radius 3 is 3.08 bits per heavy atom. The van der Waals surface area contributed by atoms with Crippen molar-refractivity contribution < 1.29 is 0 Å². The van der Waals surface area contributed by atoms with Crippen molar-refractivity contribution in [2.75, 3.05) is 0 Å². The van der Waals surface area contributed by atoms with E-state index in [9.17, 15) is 0 Å². The molecule has 2 heterocycles. The minimum Gasteiger partial charge on any atom is -0.361 e. The molecule has 1 aliphatic heterocycles. The van der Waals surface area contributed by atoms with E-state index in [0.717, 1.165) is 5.75 Å². The van der Waals surface area contributed by atoms with Crippen molar-refractivity contribution in [2.45, 2.75) is 10.6 Å². The highest BCUT2D eigenvalue weighted by Gasteiger charge is 2.15. The molecular weight excluding hydrogens is 178 g/mol. The number of hydrogen-bond acceptors (Lipinski definition) is 1. The van der Waals surface area contributed by atoms with Gasteiger partial charge in [-0.15, -0.1) is 11.8 Å². The Bertz CT molecular complexity index is 445. The molecule has 64 valence electrons. The third-order valence-corrected chi connectivity index (χ3v) is 3.50. The lowest BCUT2D eigenvalue weighted by Crippen LogP contribution is -1.92. The molecule has 0 fully saturated rings. The summed E-state index contributed by atoms with van der Waals surface area (Å²) in [5, 5.41) is 0. The molecular formula is C11H9NS. The van der Waals surface area contributed by atoms with E-state index in [2.05, 4.69) is 35.3 Å². The predicted molar refractivity (Wildman–Crippen MR) is 55.8 cm³/mol. The maximum absolute atomic E-state index is 3.30. The minimum absolute atomic E-state index is 1.09. The number of benzene rings is 1. The van der Waals surface area contributed by atoms with Crippen molar-refractivity contribution in [3.8, 4) is 11.3 Å². The van der Waals surface area contributed by atoms with Crippen LogP contribution in [0.3, 0.4) is 0 Å². The second-order valence-electron chi connectivity index (χ2n) is 3.16. The number of rotatable bonds is 0. The van der Waals surface area contributed by atoms with Crippen LogP contribution in [0.5, 0.6) is 0 Å². The summed E-state index contributed by atoms with van der Waals surface area (Å²) in [4.78, 5) is 4.69. The van der Waals surface area contributed by atoms with Crippen LogP contribution in [-0.4, -0.2) is 4.98 Å². The molecule has 0 unspecified atom stereocenters. The predicted octanol–water partition coefficient (Wildman–Crippen LogP) is 3.29. The fourth-order valence-electron chi connectivity index (χ4n) is 1.73. The van der Waals surface area contributed by atoms with Crippen LogP contribution in [-0.2, 0) is 5.75 Å². The first-order valence-electron chi connectivity index (χ1n) is 4.33. The highest BCUT2D eigenvalue weighted by Crippen LogP contribution is 2.40. The first-order valence-corrected chi connectivity index (χ1v) is 5.32. The van der Waals surface area contributed by atoms with Gasteiger partial charge >= 0.3 is 0 Å². The van der Waals surface area contributed by atoms with E-state index in [4.69, 9.17) is 0 Å². The molecule has 2 aromatic rings. The van der Waals surface area contributed by atoms with Gasteiger partial charge in [-0.3, -0.25) is 0 Å². The quantitative estimate of drug-likeness (QED) is 0.669. The van der Waals surface area contributed by atoms with Crippen molar-refractivity contribution in [3.05, 3.63) is 42.1 Å². The van der Waals surface area contributed by atoms with Gasteiger partial charge in [0, 0.05) is 22.4 Å². The van der Waals surface area contributed by atoms with Crippen LogP contribution < -0.4 is 0 Å². The lowest BCUT2D eigenvalue weighted by molar-refractivity contribution is 1.28. The molecule has 1 nitrogen and oxygen atoms in total. The van der Waals surface area contributed by atoms with Gasteiger partial charge in [0.15, 0.2) is 0 Å². The van der Waals surface area contributed by atoms with Crippen LogP contribution in [0.25, 0.3) is 11.3 Å². The Kier molecular flexibility index (Phi) is 1.49. The molecule has 13 heavy (non-hydrogen) atoms. The summed E-state index contributed by atoms with van der Waals surface area (Å²) >= 11 is 1.92. The van der Waals surface area contributed by atoms with Gasteiger partial charge in [0.1, 0.15) is 0 Å². The zero-order valence-electron chi connectivity index (χ0n) is 7.08. The molecule has 2 heteroatoms. The zero-order valence-corrected chi connectivity index (χ0v) is 7.90. The summed E-state index contributed by atoms with van der Waals surface area (Å²) in [6.07, 6.45) is 2.02. The van der Waals surface area contributed by atoms with Gasteiger partial charge in [0.05, 0.1) is 5.69 Å². The number of aromatic nitrogens is 1. The highest BCUT2D eigenvalue weighted by atomic mass is 32.2. The highest BCUT2D eigenvalue weighted by molar-refractivity contribution is 7.98. The molecule has 1 aromatic heterocycles. The molecule has 0 atom stereocenters. The largest absolute Gasteiger partial charge is 0.361 e. The summed E-state index contributed by atoms with van der Waals surface area (Å²) in [6.45, 7) is 0. The first-order chi connectivity index (χ1) is 6.45. The van der Waals surface area contributed by atoms with E-state index >= 15 is 0 Å². The standard InChI is InChI=1S/C11H9NS/c1-2-4-10-9(3-1)11-8(7-13-10)5-6-12-11/h1-6,12H,7H2. The summed E-state index contributed by atoms with van der Waals surface area (Å²) in [6, 6.07) is 10.7. The van der Waals surface area contributed by atoms with Gasteiger partial charge in [-0.25, -0.2) is 0 Å². The summed E-state index contributed by atoms with van der Waals surface area (Å²) in [7, 11) is 0. The number of nitrogens with one attached hydrogen (secondary N) is 1. The fourth-order valence-corrected chi connectivity index (χ4v) is 2.78. The van der Waals surface area contributed by atoms with E-state index in [-0.39, 0.29) is 0 Å². The van der Waals surface area contributed by atoms with Crippen LogP contribution >= 0.6 is 11.8 Å². The molecule has 3 rings (SSSR count). The molecule has 1 aliphatic rings. The summed E-state index contributed by atoms with van der Waals surface area (Å²) < 4.78 is 0. The number of H-pyrrole nitrogens is 1. The summed E-state index contributed by atoms with van der Waals surface area (Å²) in [5.41, 5.74) is 4.07. The van der Waals surface area contributed by atoms with Gasteiger partial charge < -0.3 is 4.98 Å². The second-order valence-corrected chi connectivity index (χ2v) is 4.18. The lowest BCUT2D eigenvalue weighted by atomic mass is 10.1. The Balaban J connectivity index is 2.30. The number of hydrogen-bond donors (Lipinski definition) is 1. The van der Waals surface area contributed by atoms with Crippen molar-refractivity contribution in [1.29, 1.82) is 0 Å². The minimum atomic E-state index is 1.09. The van der Waals surface area contributed by atoms with Crippen LogP contribution in [0, 0.1) is 0 Å².